The average molecular weight is 497 g/mol. The lowest BCUT2D eigenvalue weighted by Gasteiger charge is -2.12. The lowest BCUT2D eigenvalue weighted by Crippen LogP contribution is -2.24. The van der Waals surface area contributed by atoms with Gasteiger partial charge in [0, 0.05) is 23.7 Å². The van der Waals surface area contributed by atoms with Crippen molar-refractivity contribution < 1.29 is 19.0 Å². The van der Waals surface area contributed by atoms with E-state index in [1.807, 2.05) is 18.2 Å². The molecule has 0 aliphatic heterocycles. The summed E-state index contributed by atoms with van der Waals surface area (Å²) in [5.74, 6) is 1.22. The molecule has 0 saturated heterocycles. The van der Waals surface area contributed by atoms with Gasteiger partial charge in [-0.1, -0.05) is 47.5 Å². The van der Waals surface area contributed by atoms with Crippen LogP contribution in [-0.2, 0) is 17.9 Å². The molecule has 34 heavy (non-hydrogen) atoms. The summed E-state index contributed by atoms with van der Waals surface area (Å²) in [5.41, 5.74) is 2.12. The second-order valence-electron chi connectivity index (χ2n) is 7.11. The van der Waals surface area contributed by atoms with Crippen LogP contribution in [0.4, 0.5) is 0 Å². The Hall–Kier alpha value is -3.66. The first-order chi connectivity index (χ1) is 16.4. The van der Waals surface area contributed by atoms with Crippen molar-refractivity contribution in [2.24, 2.45) is 0 Å². The predicted octanol–water partition coefficient (Wildman–Crippen LogP) is 5.81. The summed E-state index contributed by atoms with van der Waals surface area (Å²) in [4.78, 5) is 12.7. The summed E-state index contributed by atoms with van der Waals surface area (Å²) in [7, 11) is 3.10. The number of benzene rings is 3. The Morgan fingerprint density at radius 2 is 1.79 bits per heavy atom. The zero-order chi connectivity index (χ0) is 24.5. The van der Waals surface area contributed by atoms with Gasteiger partial charge in [0.05, 0.1) is 24.3 Å². The van der Waals surface area contributed by atoms with Crippen molar-refractivity contribution in [3.63, 3.8) is 0 Å². The zero-order valence-corrected chi connectivity index (χ0v) is 20.1. The Bertz CT molecular complexity index is 1250. The van der Waals surface area contributed by atoms with Gasteiger partial charge >= 0.3 is 0 Å². The van der Waals surface area contributed by atoms with Gasteiger partial charge in [-0.25, -0.2) is 0 Å². The fourth-order valence-corrected chi connectivity index (χ4v) is 3.42. The fraction of sp³-hybridized carbons (Fsp3) is 0.154. The van der Waals surface area contributed by atoms with Gasteiger partial charge in [-0.05, 0) is 42.0 Å². The summed E-state index contributed by atoms with van der Waals surface area (Å²) in [5, 5.41) is 13.2. The highest BCUT2D eigenvalue weighted by Gasteiger charge is 2.13. The Balaban J connectivity index is 1.73. The van der Waals surface area contributed by atoms with E-state index in [4.69, 9.17) is 37.4 Å². The third-order valence-electron chi connectivity index (χ3n) is 4.90. The molecule has 0 atom stereocenters. The molecule has 8 heteroatoms. The van der Waals surface area contributed by atoms with Crippen molar-refractivity contribution >= 4 is 35.2 Å². The predicted molar refractivity (Wildman–Crippen MR) is 132 cm³/mol. The molecule has 0 aliphatic rings. The second kappa shape index (κ2) is 12.0. The van der Waals surface area contributed by atoms with Crippen LogP contribution in [0.5, 0.6) is 17.2 Å². The Morgan fingerprint density at radius 3 is 2.50 bits per heavy atom. The summed E-state index contributed by atoms with van der Waals surface area (Å²) in [6.07, 6.45) is 1.49. The minimum atomic E-state index is -0.514. The standard InChI is InChI=1S/C26H22Cl2N2O4/c1-32-21-9-8-19(25(13-21)33-2)15-30-26(31)20(14-29)12-18-5-3-4-6-24(18)34-16-17-7-10-22(27)23(28)11-17/h3-13H,15-16H2,1-2H3,(H,30,31)/b20-12+. The van der Waals surface area contributed by atoms with Gasteiger partial charge in [-0.3, -0.25) is 4.79 Å². The number of hydrogen-bond acceptors (Lipinski definition) is 5. The number of rotatable bonds is 9. The number of methoxy groups -OCH3 is 2. The van der Waals surface area contributed by atoms with Crippen LogP contribution in [0.3, 0.4) is 0 Å². The van der Waals surface area contributed by atoms with Crippen LogP contribution < -0.4 is 19.5 Å². The number of hydrogen-bond donors (Lipinski definition) is 1. The third-order valence-corrected chi connectivity index (χ3v) is 5.63. The molecule has 0 spiro atoms. The van der Waals surface area contributed by atoms with Crippen molar-refractivity contribution in [3.05, 3.63) is 93.0 Å². The first-order valence-corrected chi connectivity index (χ1v) is 11.0. The van der Waals surface area contributed by atoms with Crippen molar-refractivity contribution in [1.82, 2.24) is 5.32 Å². The number of halogens is 2. The maximum Gasteiger partial charge on any atom is 0.262 e. The largest absolute Gasteiger partial charge is 0.497 e. The van der Waals surface area contributed by atoms with Gasteiger partial charge in [0.2, 0.25) is 0 Å². The molecule has 0 aliphatic carbocycles. The van der Waals surface area contributed by atoms with Gasteiger partial charge in [0.25, 0.3) is 5.91 Å². The van der Waals surface area contributed by atoms with Crippen molar-refractivity contribution in [2.75, 3.05) is 14.2 Å². The molecule has 3 rings (SSSR count). The van der Waals surface area contributed by atoms with Crippen LogP contribution in [0, 0.1) is 11.3 Å². The maximum absolute atomic E-state index is 12.7. The number of nitrogens with zero attached hydrogens (tertiary/aromatic N) is 1. The van der Waals surface area contributed by atoms with Crippen LogP contribution in [0.25, 0.3) is 6.08 Å². The lowest BCUT2D eigenvalue weighted by atomic mass is 10.1. The molecule has 0 fully saturated rings. The zero-order valence-electron chi connectivity index (χ0n) is 18.6. The smallest absolute Gasteiger partial charge is 0.262 e. The maximum atomic E-state index is 12.7. The van der Waals surface area contributed by atoms with Gasteiger partial charge in [0.15, 0.2) is 0 Å². The number of carbonyl (C=O) groups is 1. The van der Waals surface area contributed by atoms with Gasteiger partial charge in [0.1, 0.15) is 35.5 Å². The normalized spacial score (nSPS) is 10.9. The molecule has 0 aromatic heterocycles. The number of ether oxygens (including phenoxy) is 3. The fourth-order valence-electron chi connectivity index (χ4n) is 3.09. The monoisotopic (exact) mass is 496 g/mol. The van der Waals surface area contributed by atoms with Crippen LogP contribution in [-0.4, -0.2) is 20.1 Å². The van der Waals surface area contributed by atoms with Crippen molar-refractivity contribution in [1.29, 1.82) is 5.26 Å². The summed E-state index contributed by atoms with van der Waals surface area (Å²) < 4.78 is 16.4. The Labute approximate surface area is 208 Å². The van der Waals surface area contributed by atoms with Gasteiger partial charge in [-0.15, -0.1) is 0 Å². The first kappa shape index (κ1) is 25.0. The highest BCUT2D eigenvalue weighted by molar-refractivity contribution is 6.42. The van der Waals surface area contributed by atoms with E-state index in [9.17, 15) is 10.1 Å². The Kier molecular flexibility index (Phi) is 8.80. The highest BCUT2D eigenvalue weighted by Crippen LogP contribution is 2.26. The summed E-state index contributed by atoms with van der Waals surface area (Å²) in [6, 6.07) is 19.6. The van der Waals surface area contributed by atoms with Crippen LogP contribution >= 0.6 is 23.2 Å². The van der Waals surface area contributed by atoms with E-state index in [0.29, 0.717) is 32.9 Å². The van der Waals surface area contributed by atoms with E-state index in [0.717, 1.165) is 11.1 Å². The molecule has 0 radical (unpaired) electrons. The molecule has 1 N–H and O–H groups in total. The summed E-state index contributed by atoms with van der Waals surface area (Å²) in [6.45, 7) is 0.424. The molecule has 3 aromatic rings. The molecule has 3 aromatic carbocycles. The number of nitriles is 1. The second-order valence-corrected chi connectivity index (χ2v) is 7.92. The van der Waals surface area contributed by atoms with E-state index in [-0.39, 0.29) is 18.7 Å². The number of amides is 1. The van der Waals surface area contributed by atoms with Crippen LogP contribution in [0.1, 0.15) is 16.7 Å². The molecule has 0 bridgehead atoms. The molecule has 0 heterocycles. The first-order valence-electron chi connectivity index (χ1n) is 10.2. The van der Waals surface area contributed by atoms with Crippen LogP contribution in [0.2, 0.25) is 10.0 Å². The number of nitrogens with one attached hydrogen (secondary N) is 1. The van der Waals surface area contributed by atoms with Crippen molar-refractivity contribution in [2.45, 2.75) is 13.2 Å². The number of carbonyl (C=O) groups excluding carboxylic acids is 1. The lowest BCUT2D eigenvalue weighted by molar-refractivity contribution is -0.117. The van der Waals surface area contributed by atoms with Crippen molar-refractivity contribution in [3.8, 4) is 23.3 Å². The van der Waals surface area contributed by atoms with Gasteiger partial charge < -0.3 is 19.5 Å². The number of para-hydroxylation sites is 1. The van der Waals surface area contributed by atoms with E-state index >= 15 is 0 Å². The topological polar surface area (TPSA) is 80.6 Å². The molecule has 174 valence electrons. The van der Waals surface area contributed by atoms with E-state index in [1.54, 1.807) is 55.6 Å². The molecule has 1 amide bonds. The highest BCUT2D eigenvalue weighted by atomic mass is 35.5. The van der Waals surface area contributed by atoms with E-state index < -0.39 is 5.91 Å². The van der Waals surface area contributed by atoms with Gasteiger partial charge in [-0.2, -0.15) is 5.26 Å². The minimum Gasteiger partial charge on any atom is -0.497 e. The SMILES string of the molecule is COc1ccc(CNC(=O)/C(C#N)=C/c2ccccc2OCc2ccc(Cl)c(Cl)c2)c(OC)c1. The van der Waals surface area contributed by atoms with E-state index in [1.165, 1.54) is 13.2 Å². The minimum absolute atomic E-state index is 0.0573. The third kappa shape index (κ3) is 6.44. The van der Waals surface area contributed by atoms with E-state index in [2.05, 4.69) is 5.32 Å². The molecular formula is C26H22Cl2N2O4. The van der Waals surface area contributed by atoms with Crippen LogP contribution in [0.15, 0.2) is 66.2 Å². The summed E-state index contributed by atoms with van der Waals surface area (Å²) >= 11 is 12.0. The molecular weight excluding hydrogens is 475 g/mol. The Morgan fingerprint density at radius 1 is 1.00 bits per heavy atom. The molecule has 0 saturated carbocycles. The molecule has 6 nitrogen and oxygen atoms in total. The molecule has 0 unspecified atom stereocenters. The quantitative estimate of drug-likeness (QED) is 0.298. The average Bonchev–Trinajstić information content (AvgIpc) is 2.86.